The van der Waals surface area contributed by atoms with Gasteiger partial charge in [0.15, 0.2) is 0 Å². The van der Waals surface area contributed by atoms with Gasteiger partial charge in [0.2, 0.25) is 0 Å². The number of hydrogen-bond donors (Lipinski definition) is 1. The molecule has 0 bridgehead atoms. The minimum atomic E-state index is 0.677. The average molecular weight is 157 g/mol. The van der Waals surface area contributed by atoms with E-state index in [9.17, 15) is 0 Å². The van der Waals surface area contributed by atoms with Crippen molar-refractivity contribution in [2.45, 2.75) is 26.2 Å². The molecule has 0 amide bonds. The first kappa shape index (κ1) is 9.01. The minimum absolute atomic E-state index is 0.677. The summed E-state index contributed by atoms with van der Waals surface area (Å²) < 4.78 is 5.38. The SMILES string of the molecule is C[C@H](CN)C1CCCOCC1. The van der Waals surface area contributed by atoms with E-state index in [4.69, 9.17) is 10.5 Å². The van der Waals surface area contributed by atoms with Crippen molar-refractivity contribution in [3.8, 4) is 0 Å². The molecule has 1 fully saturated rings. The monoisotopic (exact) mass is 157 g/mol. The Labute approximate surface area is 69.1 Å². The molecule has 0 saturated carbocycles. The van der Waals surface area contributed by atoms with Crippen LogP contribution in [0.15, 0.2) is 0 Å². The Balaban J connectivity index is 2.30. The Kier molecular flexibility index (Phi) is 3.87. The molecule has 0 aromatic heterocycles. The highest BCUT2D eigenvalue weighted by molar-refractivity contribution is 4.69. The molecule has 1 unspecified atom stereocenters. The lowest BCUT2D eigenvalue weighted by molar-refractivity contribution is 0.139. The van der Waals surface area contributed by atoms with Crippen molar-refractivity contribution in [1.82, 2.24) is 0 Å². The van der Waals surface area contributed by atoms with Gasteiger partial charge >= 0.3 is 0 Å². The molecule has 0 spiro atoms. The Morgan fingerprint density at radius 3 is 3.00 bits per heavy atom. The first-order chi connectivity index (χ1) is 5.34. The summed E-state index contributed by atoms with van der Waals surface area (Å²) in [5.74, 6) is 1.49. The fourth-order valence-corrected chi connectivity index (χ4v) is 1.69. The second kappa shape index (κ2) is 4.73. The van der Waals surface area contributed by atoms with E-state index in [-0.39, 0.29) is 0 Å². The molecule has 66 valence electrons. The van der Waals surface area contributed by atoms with Crippen LogP contribution in [0.2, 0.25) is 0 Å². The fourth-order valence-electron chi connectivity index (χ4n) is 1.69. The molecule has 0 aromatic carbocycles. The topological polar surface area (TPSA) is 35.2 Å². The van der Waals surface area contributed by atoms with Crippen molar-refractivity contribution in [2.75, 3.05) is 19.8 Å². The van der Waals surface area contributed by atoms with Gasteiger partial charge in [-0.05, 0) is 37.6 Å². The quantitative estimate of drug-likeness (QED) is 0.657. The molecular weight excluding hydrogens is 138 g/mol. The van der Waals surface area contributed by atoms with E-state index in [1.807, 2.05) is 0 Å². The van der Waals surface area contributed by atoms with Crippen LogP contribution in [0.25, 0.3) is 0 Å². The third-order valence-corrected chi connectivity index (χ3v) is 2.67. The number of hydrogen-bond acceptors (Lipinski definition) is 2. The second-order valence-electron chi connectivity index (χ2n) is 3.52. The summed E-state index contributed by atoms with van der Waals surface area (Å²) in [6, 6.07) is 0. The van der Waals surface area contributed by atoms with Crippen LogP contribution < -0.4 is 5.73 Å². The summed E-state index contributed by atoms with van der Waals surface area (Å²) in [5, 5.41) is 0. The fraction of sp³-hybridized carbons (Fsp3) is 1.00. The van der Waals surface area contributed by atoms with Crippen molar-refractivity contribution in [3.63, 3.8) is 0 Å². The van der Waals surface area contributed by atoms with Crippen molar-refractivity contribution in [2.24, 2.45) is 17.6 Å². The summed E-state index contributed by atoms with van der Waals surface area (Å²) in [7, 11) is 0. The Morgan fingerprint density at radius 2 is 2.27 bits per heavy atom. The molecule has 0 aliphatic carbocycles. The van der Waals surface area contributed by atoms with Crippen LogP contribution in [0.4, 0.5) is 0 Å². The summed E-state index contributed by atoms with van der Waals surface area (Å²) >= 11 is 0. The molecule has 11 heavy (non-hydrogen) atoms. The van der Waals surface area contributed by atoms with E-state index in [2.05, 4.69) is 6.92 Å². The van der Waals surface area contributed by atoms with Gasteiger partial charge in [0.25, 0.3) is 0 Å². The van der Waals surface area contributed by atoms with Gasteiger partial charge in [-0.15, -0.1) is 0 Å². The molecule has 2 nitrogen and oxygen atoms in total. The predicted octanol–water partition coefficient (Wildman–Crippen LogP) is 1.40. The van der Waals surface area contributed by atoms with Crippen LogP contribution in [-0.2, 0) is 4.74 Å². The molecule has 1 heterocycles. The zero-order chi connectivity index (χ0) is 8.10. The largest absolute Gasteiger partial charge is 0.381 e. The van der Waals surface area contributed by atoms with Gasteiger partial charge in [0.1, 0.15) is 0 Å². The van der Waals surface area contributed by atoms with Crippen LogP contribution in [0.5, 0.6) is 0 Å². The van der Waals surface area contributed by atoms with Crippen LogP contribution >= 0.6 is 0 Å². The molecular formula is C9H19NO. The van der Waals surface area contributed by atoms with E-state index >= 15 is 0 Å². The third-order valence-electron chi connectivity index (χ3n) is 2.67. The molecule has 1 rings (SSSR count). The van der Waals surface area contributed by atoms with Gasteiger partial charge in [-0.1, -0.05) is 6.92 Å². The smallest absolute Gasteiger partial charge is 0.0468 e. The highest BCUT2D eigenvalue weighted by Crippen LogP contribution is 2.22. The van der Waals surface area contributed by atoms with E-state index in [1.54, 1.807) is 0 Å². The van der Waals surface area contributed by atoms with Crippen LogP contribution in [0.1, 0.15) is 26.2 Å². The van der Waals surface area contributed by atoms with E-state index in [1.165, 1.54) is 19.3 Å². The maximum absolute atomic E-state index is 5.61. The van der Waals surface area contributed by atoms with Crippen molar-refractivity contribution >= 4 is 0 Å². The molecule has 2 N–H and O–H groups in total. The molecule has 1 aliphatic rings. The minimum Gasteiger partial charge on any atom is -0.381 e. The van der Waals surface area contributed by atoms with E-state index < -0.39 is 0 Å². The molecule has 0 radical (unpaired) electrons. The molecule has 0 aromatic rings. The summed E-state index contributed by atoms with van der Waals surface area (Å²) in [5.41, 5.74) is 5.61. The highest BCUT2D eigenvalue weighted by Gasteiger charge is 2.17. The van der Waals surface area contributed by atoms with Crippen LogP contribution in [-0.4, -0.2) is 19.8 Å². The average Bonchev–Trinajstić information content (AvgIpc) is 2.30. The maximum atomic E-state index is 5.61. The van der Waals surface area contributed by atoms with Crippen molar-refractivity contribution in [3.05, 3.63) is 0 Å². The van der Waals surface area contributed by atoms with Crippen LogP contribution in [0, 0.1) is 11.8 Å². The lowest BCUT2D eigenvalue weighted by Crippen LogP contribution is -2.20. The second-order valence-corrected chi connectivity index (χ2v) is 3.52. The van der Waals surface area contributed by atoms with Crippen molar-refractivity contribution < 1.29 is 4.74 Å². The Bertz CT molecular complexity index is 97.7. The van der Waals surface area contributed by atoms with Gasteiger partial charge < -0.3 is 10.5 Å². The van der Waals surface area contributed by atoms with Gasteiger partial charge in [0.05, 0.1) is 0 Å². The Hall–Kier alpha value is -0.0800. The first-order valence-corrected chi connectivity index (χ1v) is 4.62. The van der Waals surface area contributed by atoms with Crippen molar-refractivity contribution in [1.29, 1.82) is 0 Å². The highest BCUT2D eigenvalue weighted by atomic mass is 16.5. The number of ether oxygens (including phenoxy) is 1. The van der Waals surface area contributed by atoms with Gasteiger partial charge in [-0.3, -0.25) is 0 Å². The van der Waals surface area contributed by atoms with Gasteiger partial charge in [-0.25, -0.2) is 0 Å². The standard InChI is InChI=1S/C9H19NO/c1-8(7-10)9-3-2-5-11-6-4-9/h8-9H,2-7,10H2,1H3/t8-,9?/m1/s1. The summed E-state index contributed by atoms with van der Waals surface area (Å²) in [6.45, 7) is 4.96. The lowest BCUT2D eigenvalue weighted by Gasteiger charge is -2.19. The molecule has 1 saturated heterocycles. The summed E-state index contributed by atoms with van der Waals surface area (Å²) in [6.07, 6.45) is 3.73. The molecule has 2 heteroatoms. The molecule has 1 aliphatic heterocycles. The van der Waals surface area contributed by atoms with E-state index in [0.717, 1.165) is 25.7 Å². The first-order valence-electron chi connectivity index (χ1n) is 4.62. The number of rotatable bonds is 2. The maximum Gasteiger partial charge on any atom is 0.0468 e. The van der Waals surface area contributed by atoms with E-state index in [0.29, 0.717) is 5.92 Å². The van der Waals surface area contributed by atoms with Crippen LogP contribution in [0.3, 0.4) is 0 Å². The zero-order valence-corrected chi connectivity index (χ0v) is 7.38. The molecule has 2 atom stereocenters. The predicted molar refractivity (Wildman–Crippen MR) is 46.4 cm³/mol. The lowest BCUT2D eigenvalue weighted by atomic mass is 9.88. The zero-order valence-electron chi connectivity index (χ0n) is 7.38. The number of nitrogens with two attached hydrogens (primary N) is 1. The summed E-state index contributed by atoms with van der Waals surface area (Å²) in [4.78, 5) is 0. The van der Waals surface area contributed by atoms with Gasteiger partial charge in [0, 0.05) is 13.2 Å². The third kappa shape index (κ3) is 2.80. The Morgan fingerprint density at radius 1 is 1.45 bits per heavy atom. The normalized spacial score (nSPS) is 29.5. The van der Waals surface area contributed by atoms with Gasteiger partial charge in [-0.2, -0.15) is 0 Å².